The van der Waals surface area contributed by atoms with Gasteiger partial charge in [0, 0.05) is 33.1 Å². The topological polar surface area (TPSA) is 81.3 Å². The van der Waals surface area contributed by atoms with Crippen molar-refractivity contribution in [3.8, 4) is 16.4 Å². The number of thiophene rings is 1. The first kappa shape index (κ1) is 32.3. The van der Waals surface area contributed by atoms with E-state index < -0.39 is 17.3 Å². The molecule has 0 atom stereocenters. The number of rotatable bonds is 6. The first-order valence-corrected chi connectivity index (χ1v) is 16.8. The summed E-state index contributed by atoms with van der Waals surface area (Å²) in [5.41, 5.74) is 5.00. The van der Waals surface area contributed by atoms with Gasteiger partial charge in [-0.15, -0.1) is 11.3 Å². The van der Waals surface area contributed by atoms with Gasteiger partial charge in [0.25, 0.3) is 11.5 Å². The maximum absolute atomic E-state index is 13.9. The molecule has 1 amide bonds. The minimum Gasteiger partial charge on any atom is -0.322 e. The van der Waals surface area contributed by atoms with Gasteiger partial charge >= 0.3 is 6.18 Å². The van der Waals surface area contributed by atoms with Crippen LogP contribution in [0, 0.1) is 20.8 Å². The van der Waals surface area contributed by atoms with E-state index in [-0.39, 0.29) is 22.7 Å². The highest BCUT2D eigenvalue weighted by atomic mass is 32.1. The number of amides is 1. The van der Waals surface area contributed by atoms with Gasteiger partial charge in [0.15, 0.2) is 5.82 Å². The van der Waals surface area contributed by atoms with Crippen LogP contribution in [0.25, 0.3) is 27.3 Å². The number of nitrogens with zero attached hydrogens (tertiary/aromatic N) is 4. The molecule has 1 N–H and O–H groups in total. The average Bonchev–Trinajstić information content (AvgIpc) is 3.60. The van der Waals surface area contributed by atoms with Crippen molar-refractivity contribution in [1.82, 2.24) is 14.2 Å². The van der Waals surface area contributed by atoms with E-state index in [4.69, 9.17) is 0 Å². The number of fused-ring (bicyclic) bond motifs is 2. The van der Waals surface area contributed by atoms with Crippen molar-refractivity contribution in [1.29, 1.82) is 0 Å². The van der Waals surface area contributed by atoms with Crippen LogP contribution in [-0.2, 0) is 19.0 Å². The van der Waals surface area contributed by atoms with Gasteiger partial charge in [-0.1, -0.05) is 42.0 Å². The van der Waals surface area contributed by atoms with Gasteiger partial charge in [-0.25, -0.2) is 4.98 Å². The SMILES string of the molecule is Cc1ccc(NC(=O)c2c(-n3c(C)cc(C=Nn4c(-c5cccc(C(F)(F)F)c5)nc5ccccc5c4=O)c3C)sc3c2CCCC3)cc1. The largest absolute Gasteiger partial charge is 0.416 e. The summed E-state index contributed by atoms with van der Waals surface area (Å²) in [4.78, 5) is 33.4. The number of halogens is 3. The number of nitrogens with one attached hydrogen (secondary N) is 1. The molecule has 49 heavy (non-hydrogen) atoms. The maximum atomic E-state index is 13.9. The van der Waals surface area contributed by atoms with Gasteiger partial charge < -0.3 is 9.88 Å². The number of hydrogen-bond acceptors (Lipinski definition) is 5. The number of carbonyl (C=O) groups excluding carboxylic acids is 1. The van der Waals surface area contributed by atoms with Gasteiger partial charge in [0.1, 0.15) is 5.00 Å². The Morgan fingerprint density at radius 1 is 0.959 bits per heavy atom. The summed E-state index contributed by atoms with van der Waals surface area (Å²) in [6, 6.07) is 21.0. The van der Waals surface area contributed by atoms with Crippen LogP contribution in [0.15, 0.2) is 88.8 Å². The summed E-state index contributed by atoms with van der Waals surface area (Å²) < 4.78 is 44.0. The fourth-order valence-corrected chi connectivity index (χ4v) is 7.87. The lowest BCUT2D eigenvalue weighted by Crippen LogP contribution is -2.20. The monoisotopic (exact) mass is 679 g/mol. The summed E-state index contributed by atoms with van der Waals surface area (Å²) in [6.45, 7) is 5.86. The molecular weight excluding hydrogens is 648 g/mol. The van der Waals surface area contributed by atoms with Crippen molar-refractivity contribution >= 4 is 40.0 Å². The molecule has 1 aliphatic rings. The summed E-state index contributed by atoms with van der Waals surface area (Å²) >= 11 is 1.62. The first-order valence-electron chi connectivity index (χ1n) is 16.0. The predicted octanol–water partition coefficient (Wildman–Crippen LogP) is 8.87. The van der Waals surface area contributed by atoms with E-state index in [0.29, 0.717) is 16.6 Å². The Kier molecular flexibility index (Phi) is 8.32. The van der Waals surface area contributed by atoms with Gasteiger partial charge in [-0.3, -0.25) is 9.59 Å². The van der Waals surface area contributed by atoms with Gasteiger partial charge in [0.2, 0.25) is 0 Å². The molecule has 6 aromatic rings. The van der Waals surface area contributed by atoms with E-state index in [1.165, 1.54) is 23.2 Å². The molecule has 0 radical (unpaired) electrons. The lowest BCUT2D eigenvalue weighted by molar-refractivity contribution is -0.137. The zero-order valence-electron chi connectivity index (χ0n) is 27.1. The number of carbonyl (C=O) groups is 1. The Hall–Kier alpha value is -5.29. The van der Waals surface area contributed by atoms with Crippen LogP contribution in [0.5, 0.6) is 0 Å². The number of anilines is 1. The predicted molar refractivity (Wildman–Crippen MR) is 188 cm³/mol. The average molecular weight is 680 g/mol. The Bertz CT molecular complexity index is 2330. The number of alkyl halides is 3. The van der Waals surface area contributed by atoms with Gasteiger partial charge in [-0.05, 0) is 94.5 Å². The second-order valence-electron chi connectivity index (χ2n) is 12.3. The Morgan fingerprint density at radius 2 is 1.71 bits per heavy atom. The standard InChI is InChI=1S/C38H32F3N5O2S/c1-22-15-17-28(18-16-22)43-35(47)33-30-12-5-7-14-32(30)49-37(33)45-23(2)19-26(24(45)3)21-42-46-34(25-9-8-10-27(20-25)38(39,40)41)44-31-13-6-4-11-29(31)36(46)48/h4,6,8-11,13,15-21H,5,7,12,14H2,1-3H3,(H,43,47). The molecule has 0 aliphatic heterocycles. The third kappa shape index (κ3) is 6.10. The molecule has 248 valence electrons. The third-order valence-electron chi connectivity index (χ3n) is 8.88. The fourth-order valence-electron chi connectivity index (χ4n) is 6.38. The molecule has 1 aliphatic carbocycles. The maximum Gasteiger partial charge on any atom is 0.416 e. The normalized spacial score (nSPS) is 13.3. The molecule has 0 saturated carbocycles. The smallest absolute Gasteiger partial charge is 0.322 e. The van der Waals surface area contributed by atoms with Crippen LogP contribution in [-0.4, -0.2) is 26.3 Å². The summed E-state index contributed by atoms with van der Waals surface area (Å²) in [5, 5.41) is 8.73. The lowest BCUT2D eigenvalue weighted by atomic mass is 9.95. The van der Waals surface area contributed by atoms with Crippen molar-refractivity contribution in [3.05, 3.63) is 133 Å². The number of benzene rings is 3. The van der Waals surface area contributed by atoms with E-state index in [2.05, 4.69) is 15.4 Å². The van der Waals surface area contributed by atoms with Gasteiger partial charge in [-0.2, -0.15) is 22.9 Å². The Balaban J connectivity index is 1.33. The van der Waals surface area contributed by atoms with E-state index in [1.54, 1.807) is 35.6 Å². The molecule has 0 saturated heterocycles. The molecular formula is C38H32F3N5O2S. The van der Waals surface area contributed by atoms with Crippen LogP contribution in [0.2, 0.25) is 0 Å². The number of hydrogen-bond donors (Lipinski definition) is 1. The number of aromatic nitrogens is 3. The zero-order chi connectivity index (χ0) is 34.4. The highest BCUT2D eigenvalue weighted by molar-refractivity contribution is 7.15. The summed E-state index contributed by atoms with van der Waals surface area (Å²) in [6.07, 6.45) is 0.763. The summed E-state index contributed by atoms with van der Waals surface area (Å²) in [5.74, 6) is -0.179. The summed E-state index contributed by atoms with van der Waals surface area (Å²) in [7, 11) is 0. The third-order valence-corrected chi connectivity index (χ3v) is 10.2. The molecule has 7 rings (SSSR count). The highest BCUT2D eigenvalue weighted by Crippen LogP contribution is 2.39. The number of aryl methyl sites for hydroxylation is 3. The van der Waals surface area contributed by atoms with Crippen LogP contribution in [0.4, 0.5) is 18.9 Å². The lowest BCUT2D eigenvalue weighted by Gasteiger charge is -2.14. The van der Waals surface area contributed by atoms with Crippen LogP contribution in [0.3, 0.4) is 0 Å². The van der Waals surface area contributed by atoms with E-state index in [0.717, 1.165) is 75.7 Å². The van der Waals surface area contributed by atoms with Crippen molar-refractivity contribution in [3.63, 3.8) is 0 Å². The minimum absolute atomic E-state index is 0.0131. The molecule has 0 unspecified atom stereocenters. The Morgan fingerprint density at radius 3 is 2.49 bits per heavy atom. The van der Waals surface area contributed by atoms with Crippen LogP contribution >= 0.6 is 11.3 Å². The second kappa shape index (κ2) is 12.6. The van der Waals surface area contributed by atoms with E-state index in [1.807, 2.05) is 55.7 Å². The van der Waals surface area contributed by atoms with Crippen molar-refractivity contribution in [2.24, 2.45) is 5.10 Å². The van der Waals surface area contributed by atoms with Gasteiger partial charge in [0.05, 0.1) is 28.2 Å². The second-order valence-corrected chi connectivity index (χ2v) is 13.3. The van der Waals surface area contributed by atoms with Crippen LogP contribution in [0.1, 0.15) is 61.7 Å². The van der Waals surface area contributed by atoms with E-state index >= 15 is 0 Å². The van der Waals surface area contributed by atoms with Crippen molar-refractivity contribution in [2.45, 2.75) is 52.6 Å². The molecule has 11 heteroatoms. The highest BCUT2D eigenvalue weighted by Gasteiger charge is 2.31. The van der Waals surface area contributed by atoms with Crippen LogP contribution < -0.4 is 10.9 Å². The molecule has 7 nitrogen and oxygen atoms in total. The molecule has 3 aromatic carbocycles. The zero-order valence-corrected chi connectivity index (χ0v) is 27.9. The fraction of sp³-hybridized carbons (Fsp3) is 0.211. The molecule has 3 heterocycles. The molecule has 0 fully saturated rings. The molecule has 0 bridgehead atoms. The Labute approximate surface area is 284 Å². The molecule has 3 aromatic heterocycles. The van der Waals surface area contributed by atoms with E-state index in [9.17, 15) is 22.8 Å². The quantitative estimate of drug-likeness (QED) is 0.179. The number of para-hydroxylation sites is 1. The van der Waals surface area contributed by atoms with Crippen molar-refractivity contribution in [2.75, 3.05) is 5.32 Å². The first-order chi connectivity index (χ1) is 23.5. The minimum atomic E-state index is -4.57. The van der Waals surface area contributed by atoms with Crippen molar-refractivity contribution < 1.29 is 18.0 Å². The molecule has 0 spiro atoms.